The normalized spacial score (nSPS) is 12.7. The zero-order valence-corrected chi connectivity index (χ0v) is 12.1. The fourth-order valence-corrected chi connectivity index (χ4v) is 2.55. The van der Waals surface area contributed by atoms with Gasteiger partial charge in [0.25, 0.3) is 0 Å². The Kier molecular flexibility index (Phi) is 4.73. The van der Waals surface area contributed by atoms with E-state index >= 15 is 0 Å². The zero-order chi connectivity index (χ0) is 14.7. The molecule has 2 rings (SSSR count). The second-order valence-corrected chi connectivity index (χ2v) is 4.94. The van der Waals surface area contributed by atoms with Crippen molar-refractivity contribution in [1.82, 2.24) is 15.1 Å². The lowest BCUT2D eigenvalue weighted by atomic mass is 10.0. The maximum absolute atomic E-state index is 13.8. The Morgan fingerprint density at radius 2 is 2.15 bits per heavy atom. The first-order chi connectivity index (χ1) is 9.54. The van der Waals surface area contributed by atoms with E-state index in [1.54, 1.807) is 24.0 Å². The van der Waals surface area contributed by atoms with Crippen LogP contribution in [0, 0.1) is 11.6 Å². The molecule has 1 N–H and O–H groups in total. The van der Waals surface area contributed by atoms with Gasteiger partial charge in [0.1, 0.15) is 0 Å². The molecule has 0 fully saturated rings. The zero-order valence-electron chi connectivity index (χ0n) is 11.3. The molecule has 0 saturated carbocycles. The molecular formula is C14H16ClF2N3. The first-order valence-electron chi connectivity index (χ1n) is 6.38. The van der Waals surface area contributed by atoms with Crippen LogP contribution in [0.5, 0.6) is 0 Å². The minimum absolute atomic E-state index is 0.226. The highest BCUT2D eigenvalue weighted by Crippen LogP contribution is 2.26. The van der Waals surface area contributed by atoms with E-state index in [1.165, 1.54) is 6.07 Å². The Morgan fingerprint density at radius 3 is 2.75 bits per heavy atom. The van der Waals surface area contributed by atoms with Gasteiger partial charge < -0.3 is 5.32 Å². The number of hydrogen-bond acceptors (Lipinski definition) is 2. The van der Waals surface area contributed by atoms with Crippen LogP contribution in [0.3, 0.4) is 0 Å². The average Bonchev–Trinajstić information content (AvgIpc) is 2.74. The van der Waals surface area contributed by atoms with Crippen LogP contribution in [0.15, 0.2) is 24.4 Å². The Labute approximate surface area is 121 Å². The minimum atomic E-state index is -0.839. The summed E-state index contributed by atoms with van der Waals surface area (Å²) in [5, 5.41) is 7.81. The number of nitrogens with one attached hydrogen (secondary N) is 1. The largest absolute Gasteiger partial charge is 0.309 e. The summed E-state index contributed by atoms with van der Waals surface area (Å²) in [6.07, 6.45) is 1.85. The third kappa shape index (κ3) is 2.99. The maximum atomic E-state index is 13.8. The summed E-state index contributed by atoms with van der Waals surface area (Å²) >= 11 is 6.12. The predicted molar refractivity (Wildman–Crippen MR) is 74.7 cm³/mol. The lowest BCUT2D eigenvalue weighted by molar-refractivity contribution is 0.469. The topological polar surface area (TPSA) is 29.9 Å². The van der Waals surface area contributed by atoms with Crippen molar-refractivity contribution >= 4 is 11.6 Å². The second kappa shape index (κ2) is 6.33. The maximum Gasteiger partial charge on any atom is 0.162 e. The van der Waals surface area contributed by atoms with Gasteiger partial charge in [-0.2, -0.15) is 5.10 Å². The Bertz CT molecular complexity index is 579. The molecule has 20 heavy (non-hydrogen) atoms. The molecule has 1 aromatic heterocycles. The molecule has 0 radical (unpaired) electrons. The van der Waals surface area contributed by atoms with Gasteiger partial charge in [0, 0.05) is 7.05 Å². The van der Waals surface area contributed by atoms with Gasteiger partial charge in [-0.1, -0.05) is 30.7 Å². The van der Waals surface area contributed by atoms with E-state index in [0.29, 0.717) is 23.6 Å². The minimum Gasteiger partial charge on any atom is -0.309 e. The van der Waals surface area contributed by atoms with Crippen LogP contribution < -0.4 is 5.32 Å². The van der Waals surface area contributed by atoms with Crippen molar-refractivity contribution in [3.63, 3.8) is 0 Å². The van der Waals surface area contributed by atoms with Crippen molar-refractivity contribution in [3.8, 4) is 0 Å². The third-order valence-electron chi connectivity index (χ3n) is 3.17. The van der Waals surface area contributed by atoms with Gasteiger partial charge in [-0.3, -0.25) is 4.68 Å². The standard InChI is InChI=1S/C14H16ClF2N3/c1-3-18-12(14-10(15)8-19-20(14)2)7-9-5-4-6-11(16)13(9)17/h4-6,8,12,18H,3,7H2,1-2H3. The molecule has 1 heterocycles. The third-order valence-corrected chi connectivity index (χ3v) is 3.47. The quantitative estimate of drug-likeness (QED) is 0.918. The van der Waals surface area contributed by atoms with E-state index in [-0.39, 0.29) is 6.04 Å². The van der Waals surface area contributed by atoms with Crippen LogP contribution in [0.25, 0.3) is 0 Å². The lowest BCUT2D eigenvalue weighted by Gasteiger charge is -2.19. The van der Waals surface area contributed by atoms with Crippen LogP contribution in [0.2, 0.25) is 5.02 Å². The molecule has 1 atom stereocenters. The van der Waals surface area contributed by atoms with Gasteiger partial charge in [-0.25, -0.2) is 8.78 Å². The smallest absolute Gasteiger partial charge is 0.162 e. The Balaban J connectivity index is 2.33. The van der Waals surface area contributed by atoms with Gasteiger partial charge in [0.2, 0.25) is 0 Å². The molecule has 0 amide bonds. The molecule has 0 saturated heterocycles. The summed E-state index contributed by atoms with van der Waals surface area (Å²) in [5.74, 6) is -1.65. The fourth-order valence-electron chi connectivity index (χ4n) is 2.25. The van der Waals surface area contributed by atoms with Crippen molar-refractivity contribution < 1.29 is 8.78 Å². The molecular weight excluding hydrogens is 284 g/mol. The summed E-state index contributed by atoms with van der Waals surface area (Å²) in [7, 11) is 1.77. The highest BCUT2D eigenvalue weighted by molar-refractivity contribution is 6.31. The number of hydrogen-bond donors (Lipinski definition) is 1. The second-order valence-electron chi connectivity index (χ2n) is 4.53. The number of aryl methyl sites for hydroxylation is 1. The Morgan fingerprint density at radius 1 is 1.40 bits per heavy atom. The van der Waals surface area contributed by atoms with E-state index in [1.807, 2.05) is 6.92 Å². The SMILES string of the molecule is CCNC(Cc1cccc(F)c1F)c1c(Cl)cnn1C. The molecule has 3 nitrogen and oxygen atoms in total. The van der Waals surface area contributed by atoms with Crippen molar-refractivity contribution in [2.45, 2.75) is 19.4 Å². The Hall–Kier alpha value is -1.46. The number of benzene rings is 1. The summed E-state index contributed by atoms with van der Waals surface area (Å²) < 4.78 is 28.7. The first kappa shape index (κ1) is 14.9. The molecule has 0 aliphatic rings. The highest BCUT2D eigenvalue weighted by Gasteiger charge is 2.21. The van der Waals surface area contributed by atoms with Gasteiger partial charge in [0.05, 0.1) is 23.0 Å². The highest BCUT2D eigenvalue weighted by atomic mass is 35.5. The number of aromatic nitrogens is 2. The molecule has 1 unspecified atom stereocenters. The van der Waals surface area contributed by atoms with Crippen LogP contribution in [0.1, 0.15) is 24.2 Å². The van der Waals surface area contributed by atoms with E-state index in [4.69, 9.17) is 11.6 Å². The van der Waals surface area contributed by atoms with Crippen LogP contribution in [-0.4, -0.2) is 16.3 Å². The molecule has 0 bridgehead atoms. The van der Waals surface area contributed by atoms with E-state index in [9.17, 15) is 8.78 Å². The van der Waals surface area contributed by atoms with Crippen LogP contribution in [-0.2, 0) is 13.5 Å². The summed E-state index contributed by atoms with van der Waals surface area (Å²) in [4.78, 5) is 0. The number of halogens is 3. The van der Waals surface area contributed by atoms with E-state index in [0.717, 1.165) is 11.8 Å². The summed E-state index contributed by atoms with van der Waals surface area (Å²) in [6.45, 7) is 2.63. The van der Waals surface area contributed by atoms with Crippen molar-refractivity contribution in [2.75, 3.05) is 6.54 Å². The number of rotatable bonds is 5. The lowest BCUT2D eigenvalue weighted by Crippen LogP contribution is -2.26. The first-order valence-corrected chi connectivity index (χ1v) is 6.76. The molecule has 2 aromatic rings. The molecule has 6 heteroatoms. The molecule has 108 valence electrons. The van der Waals surface area contributed by atoms with Crippen LogP contribution in [0.4, 0.5) is 8.78 Å². The molecule has 0 aliphatic heterocycles. The van der Waals surface area contributed by atoms with Crippen molar-refractivity contribution in [3.05, 3.63) is 52.3 Å². The molecule has 0 aliphatic carbocycles. The van der Waals surface area contributed by atoms with Gasteiger partial charge in [0.15, 0.2) is 11.6 Å². The monoisotopic (exact) mass is 299 g/mol. The summed E-state index contributed by atoms with van der Waals surface area (Å²) in [6, 6.07) is 3.96. The fraction of sp³-hybridized carbons (Fsp3) is 0.357. The van der Waals surface area contributed by atoms with Gasteiger partial charge in [-0.05, 0) is 24.6 Å². The molecule has 1 aromatic carbocycles. The average molecular weight is 300 g/mol. The van der Waals surface area contributed by atoms with Crippen molar-refractivity contribution in [2.24, 2.45) is 7.05 Å². The van der Waals surface area contributed by atoms with E-state index < -0.39 is 11.6 Å². The predicted octanol–water partition coefficient (Wildman–Crippen LogP) is 3.25. The molecule has 0 spiro atoms. The van der Waals surface area contributed by atoms with E-state index in [2.05, 4.69) is 10.4 Å². The van der Waals surface area contributed by atoms with Gasteiger partial charge >= 0.3 is 0 Å². The number of likely N-dealkylation sites (N-methyl/N-ethyl adjacent to an activating group) is 1. The van der Waals surface area contributed by atoms with Crippen LogP contribution >= 0.6 is 11.6 Å². The summed E-state index contributed by atoms with van der Waals surface area (Å²) in [5.41, 5.74) is 1.07. The van der Waals surface area contributed by atoms with Gasteiger partial charge in [-0.15, -0.1) is 0 Å². The number of nitrogens with zero attached hydrogens (tertiary/aromatic N) is 2. The van der Waals surface area contributed by atoms with Crippen molar-refractivity contribution in [1.29, 1.82) is 0 Å².